The van der Waals surface area contributed by atoms with Crippen LogP contribution in [0.15, 0.2) is 0 Å². The number of carbonyl (C=O) groups excluding carboxylic acids is 1. The van der Waals surface area contributed by atoms with Gasteiger partial charge in [0.25, 0.3) is 0 Å². The number of amides is 1. The van der Waals surface area contributed by atoms with Crippen LogP contribution in [-0.4, -0.2) is 36.5 Å². The predicted octanol–water partition coefficient (Wildman–Crippen LogP) is 1.63. The monoisotopic (exact) mass is 224 g/mol. The van der Waals surface area contributed by atoms with E-state index in [-0.39, 0.29) is 5.92 Å². The largest absolute Gasteiger partial charge is 0.342 e. The van der Waals surface area contributed by atoms with Crippen molar-refractivity contribution >= 4 is 5.91 Å². The second-order valence-electron chi connectivity index (χ2n) is 5.54. The van der Waals surface area contributed by atoms with Gasteiger partial charge in [-0.3, -0.25) is 4.79 Å². The van der Waals surface area contributed by atoms with Crippen molar-refractivity contribution in [2.75, 3.05) is 19.6 Å². The highest BCUT2D eigenvalue weighted by molar-refractivity contribution is 5.78. The van der Waals surface area contributed by atoms with Crippen molar-refractivity contribution in [3.8, 4) is 0 Å². The Morgan fingerprint density at radius 1 is 1.31 bits per heavy atom. The molecule has 0 aromatic carbocycles. The molecule has 2 rings (SSSR count). The summed E-state index contributed by atoms with van der Waals surface area (Å²) in [6, 6.07) is 0.669. The molecule has 2 fully saturated rings. The van der Waals surface area contributed by atoms with Crippen LogP contribution in [0.1, 0.15) is 39.5 Å². The van der Waals surface area contributed by atoms with Gasteiger partial charge in [-0.2, -0.15) is 0 Å². The molecule has 0 saturated carbocycles. The lowest BCUT2D eigenvalue weighted by atomic mass is 9.89. The van der Waals surface area contributed by atoms with Crippen LogP contribution in [-0.2, 0) is 4.79 Å². The van der Waals surface area contributed by atoms with Gasteiger partial charge >= 0.3 is 0 Å². The van der Waals surface area contributed by atoms with Crippen LogP contribution in [0.25, 0.3) is 0 Å². The van der Waals surface area contributed by atoms with Gasteiger partial charge in [-0.15, -0.1) is 0 Å². The fourth-order valence-electron chi connectivity index (χ4n) is 3.02. The Bertz CT molecular complexity index is 246. The average Bonchev–Trinajstić information content (AvgIpc) is 2.81. The van der Waals surface area contributed by atoms with Crippen LogP contribution in [0.4, 0.5) is 0 Å². The molecular formula is C13H24N2O. The summed E-state index contributed by atoms with van der Waals surface area (Å²) < 4.78 is 0. The van der Waals surface area contributed by atoms with Gasteiger partial charge < -0.3 is 10.2 Å². The van der Waals surface area contributed by atoms with Gasteiger partial charge in [0.15, 0.2) is 0 Å². The van der Waals surface area contributed by atoms with E-state index in [9.17, 15) is 4.79 Å². The van der Waals surface area contributed by atoms with Crippen molar-refractivity contribution in [3.05, 3.63) is 0 Å². The molecule has 0 aliphatic carbocycles. The Balaban J connectivity index is 1.90. The fourth-order valence-corrected chi connectivity index (χ4v) is 3.02. The molecule has 2 heterocycles. The second kappa shape index (κ2) is 5.17. The van der Waals surface area contributed by atoms with Gasteiger partial charge in [0.2, 0.25) is 5.91 Å². The molecule has 2 aliphatic heterocycles. The first-order valence-corrected chi connectivity index (χ1v) is 6.70. The zero-order chi connectivity index (χ0) is 11.5. The van der Waals surface area contributed by atoms with Crippen molar-refractivity contribution < 1.29 is 4.79 Å². The van der Waals surface area contributed by atoms with Gasteiger partial charge in [-0.1, -0.05) is 13.8 Å². The highest BCUT2D eigenvalue weighted by atomic mass is 16.2. The van der Waals surface area contributed by atoms with Crippen molar-refractivity contribution in [2.24, 2.45) is 11.8 Å². The second-order valence-corrected chi connectivity index (χ2v) is 5.54. The third kappa shape index (κ3) is 2.57. The Morgan fingerprint density at radius 2 is 2.12 bits per heavy atom. The summed E-state index contributed by atoms with van der Waals surface area (Å²) in [5.74, 6) is 1.18. The molecule has 0 radical (unpaired) electrons. The zero-order valence-corrected chi connectivity index (χ0v) is 10.5. The number of likely N-dealkylation sites (tertiary alicyclic amines) is 1. The third-order valence-corrected chi connectivity index (χ3v) is 3.93. The lowest BCUT2D eigenvalue weighted by molar-refractivity contribution is -0.136. The van der Waals surface area contributed by atoms with Gasteiger partial charge in [0.05, 0.1) is 0 Å². The van der Waals surface area contributed by atoms with Crippen molar-refractivity contribution in [2.45, 2.75) is 45.6 Å². The first-order valence-electron chi connectivity index (χ1n) is 6.70. The van der Waals surface area contributed by atoms with Crippen LogP contribution in [0, 0.1) is 11.8 Å². The van der Waals surface area contributed by atoms with Gasteiger partial charge in [0, 0.05) is 25.0 Å². The molecule has 3 nitrogen and oxygen atoms in total. The molecule has 3 heteroatoms. The minimum absolute atomic E-state index is 0.148. The maximum Gasteiger partial charge on any atom is 0.225 e. The van der Waals surface area contributed by atoms with Crippen molar-refractivity contribution in [1.29, 1.82) is 0 Å². The molecule has 92 valence electrons. The molecule has 1 amide bonds. The average molecular weight is 224 g/mol. The SMILES string of the molecule is CC(C)C(=O)N1CCCC(C2CCCN2)C1. The fraction of sp³-hybridized carbons (Fsp3) is 0.923. The van der Waals surface area contributed by atoms with Gasteiger partial charge in [-0.05, 0) is 38.1 Å². The smallest absolute Gasteiger partial charge is 0.225 e. The molecule has 16 heavy (non-hydrogen) atoms. The van der Waals surface area contributed by atoms with Gasteiger partial charge in [0.1, 0.15) is 0 Å². The Hall–Kier alpha value is -0.570. The summed E-state index contributed by atoms with van der Waals surface area (Å²) in [5, 5.41) is 3.58. The highest BCUT2D eigenvalue weighted by Crippen LogP contribution is 2.25. The number of nitrogens with one attached hydrogen (secondary N) is 1. The van der Waals surface area contributed by atoms with E-state index < -0.39 is 0 Å². The molecule has 2 unspecified atom stereocenters. The molecule has 2 atom stereocenters. The van der Waals surface area contributed by atoms with E-state index in [1.54, 1.807) is 0 Å². The molecule has 0 aromatic heterocycles. The van der Waals surface area contributed by atoms with E-state index in [1.807, 2.05) is 13.8 Å². The Labute approximate surface area is 98.6 Å². The van der Waals surface area contributed by atoms with Crippen LogP contribution in [0.2, 0.25) is 0 Å². The zero-order valence-electron chi connectivity index (χ0n) is 10.5. The van der Waals surface area contributed by atoms with E-state index in [0.29, 0.717) is 17.9 Å². The van der Waals surface area contributed by atoms with Crippen molar-refractivity contribution in [3.63, 3.8) is 0 Å². The molecule has 0 aromatic rings. The van der Waals surface area contributed by atoms with Crippen LogP contribution in [0.3, 0.4) is 0 Å². The van der Waals surface area contributed by atoms with E-state index in [1.165, 1.54) is 32.2 Å². The summed E-state index contributed by atoms with van der Waals surface area (Å²) >= 11 is 0. The van der Waals surface area contributed by atoms with E-state index in [2.05, 4.69) is 10.2 Å². The van der Waals surface area contributed by atoms with E-state index >= 15 is 0 Å². The van der Waals surface area contributed by atoms with Crippen LogP contribution in [0.5, 0.6) is 0 Å². The van der Waals surface area contributed by atoms with Gasteiger partial charge in [-0.25, -0.2) is 0 Å². The summed E-state index contributed by atoms with van der Waals surface area (Å²) in [5.41, 5.74) is 0. The lowest BCUT2D eigenvalue weighted by Crippen LogP contribution is -2.47. The normalized spacial score (nSPS) is 31.1. The summed E-state index contributed by atoms with van der Waals surface area (Å²) in [6.07, 6.45) is 5.08. The number of nitrogens with zero attached hydrogens (tertiary/aromatic N) is 1. The molecule has 0 spiro atoms. The Kier molecular flexibility index (Phi) is 3.85. The summed E-state index contributed by atoms with van der Waals surface area (Å²) in [6.45, 7) is 7.12. The van der Waals surface area contributed by atoms with Crippen molar-refractivity contribution in [1.82, 2.24) is 10.2 Å². The number of hydrogen-bond donors (Lipinski definition) is 1. The quantitative estimate of drug-likeness (QED) is 0.773. The lowest BCUT2D eigenvalue weighted by Gasteiger charge is -2.36. The molecule has 2 saturated heterocycles. The maximum absolute atomic E-state index is 12.0. The van der Waals surface area contributed by atoms with Crippen LogP contribution < -0.4 is 5.32 Å². The number of piperidine rings is 1. The molecule has 0 bridgehead atoms. The molecule has 2 aliphatic rings. The third-order valence-electron chi connectivity index (χ3n) is 3.93. The Morgan fingerprint density at radius 3 is 2.75 bits per heavy atom. The van der Waals surface area contributed by atoms with E-state index in [4.69, 9.17) is 0 Å². The predicted molar refractivity (Wildman–Crippen MR) is 65.2 cm³/mol. The molecule has 1 N–H and O–H groups in total. The number of rotatable bonds is 2. The standard InChI is InChI=1S/C13H24N2O/c1-10(2)13(16)15-8-4-5-11(9-15)12-6-3-7-14-12/h10-12,14H,3-9H2,1-2H3. The highest BCUT2D eigenvalue weighted by Gasteiger charge is 2.31. The minimum Gasteiger partial charge on any atom is -0.342 e. The topological polar surface area (TPSA) is 32.3 Å². The molecular weight excluding hydrogens is 200 g/mol. The first-order chi connectivity index (χ1) is 7.68. The van der Waals surface area contributed by atoms with Crippen LogP contribution >= 0.6 is 0 Å². The number of carbonyl (C=O) groups is 1. The minimum atomic E-state index is 0.148. The van der Waals surface area contributed by atoms with E-state index in [0.717, 1.165) is 13.1 Å². The number of hydrogen-bond acceptors (Lipinski definition) is 2. The summed E-state index contributed by atoms with van der Waals surface area (Å²) in [4.78, 5) is 14.0. The summed E-state index contributed by atoms with van der Waals surface area (Å²) in [7, 11) is 0. The maximum atomic E-state index is 12.0. The first kappa shape index (κ1) is 11.9.